The zero-order valence-electron chi connectivity index (χ0n) is 13.2. The molecule has 120 valence electrons. The lowest BCUT2D eigenvalue weighted by Gasteiger charge is -2.02. The van der Waals surface area contributed by atoms with Crippen LogP contribution in [0.15, 0.2) is 46.9 Å². The average molecular weight is 314 g/mol. The van der Waals surface area contributed by atoms with Gasteiger partial charge in [0.15, 0.2) is 29.1 Å². The normalized spacial score (nSPS) is 9.87. The fourth-order valence-electron chi connectivity index (χ4n) is 2.12. The summed E-state index contributed by atoms with van der Waals surface area (Å²) in [6.07, 6.45) is 0.581. The number of phenols is 1. The second kappa shape index (κ2) is 7.35. The average Bonchev–Trinajstić information content (AvgIpc) is 2.95. The van der Waals surface area contributed by atoms with Crippen LogP contribution in [-0.4, -0.2) is 25.6 Å². The van der Waals surface area contributed by atoms with Crippen molar-refractivity contribution in [3.8, 4) is 17.2 Å². The van der Waals surface area contributed by atoms with Crippen molar-refractivity contribution >= 4 is 17.3 Å². The number of carbonyl (C=O) groups is 1. The maximum atomic E-state index is 10.3. The highest BCUT2D eigenvalue weighted by Crippen LogP contribution is 2.28. The van der Waals surface area contributed by atoms with E-state index in [0.29, 0.717) is 12.0 Å². The number of hydrogen-bond acceptors (Lipinski definition) is 5. The number of para-hydroxylation sites is 2. The van der Waals surface area contributed by atoms with E-state index in [0.717, 1.165) is 22.5 Å². The fourth-order valence-corrected chi connectivity index (χ4v) is 2.12. The maximum absolute atomic E-state index is 10.3. The number of furan rings is 1. The Balaban J connectivity index is 0.000000168. The summed E-state index contributed by atoms with van der Waals surface area (Å²) >= 11 is 0. The highest BCUT2D eigenvalue weighted by molar-refractivity contribution is 5.83. The smallest absolute Gasteiger partial charge is 0.176 e. The second-order valence-corrected chi connectivity index (χ2v) is 4.75. The lowest BCUT2D eigenvalue weighted by Crippen LogP contribution is -1.86. The van der Waals surface area contributed by atoms with Gasteiger partial charge in [-0.05, 0) is 31.2 Å². The third-order valence-corrected chi connectivity index (χ3v) is 3.23. The fraction of sp³-hybridized carbons (Fsp3) is 0.167. The van der Waals surface area contributed by atoms with E-state index in [1.54, 1.807) is 19.2 Å². The van der Waals surface area contributed by atoms with Gasteiger partial charge in [-0.15, -0.1) is 0 Å². The monoisotopic (exact) mass is 314 g/mol. The van der Waals surface area contributed by atoms with Crippen molar-refractivity contribution in [1.82, 2.24) is 0 Å². The SMILES string of the molecule is COc1cccc(C=O)c1O.COc1cccc2cc(C)oc12. The summed E-state index contributed by atoms with van der Waals surface area (Å²) in [7, 11) is 3.08. The summed E-state index contributed by atoms with van der Waals surface area (Å²) in [5, 5.41) is 10.3. The van der Waals surface area contributed by atoms with Crippen LogP contribution in [0, 0.1) is 6.92 Å². The first-order valence-corrected chi connectivity index (χ1v) is 6.95. The van der Waals surface area contributed by atoms with E-state index >= 15 is 0 Å². The minimum Gasteiger partial charge on any atom is -0.504 e. The predicted octanol–water partition coefficient (Wildman–Crippen LogP) is 3.96. The molecule has 5 nitrogen and oxygen atoms in total. The second-order valence-electron chi connectivity index (χ2n) is 4.75. The molecule has 0 aliphatic heterocycles. The standard InChI is InChI=1S/C10H10O2.C8H8O3/c1-7-6-8-4-3-5-9(11-2)10(8)12-7;1-11-7-4-2-3-6(5-9)8(7)10/h3-6H,1-2H3;2-5,10H,1H3. The molecule has 0 aliphatic rings. The van der Waals surface area contributed by atoms with Crippen LogP contribution in [0.1, 0.15) is 16.1 Å². The number of hydrogen-bond donors (Lipinski definition) is 1. The number of ether oxygens (including phenoxy) is 2. The highest BCUT2D eigenvalue weighted by atomic mass is 16.5. The summed E-state index contributed by atoms with van der Waals surface area (Å²) in [6, 6.07) is 12.6. The number of aromatic hydroxyl groups is 1. The van der Waals surface area contributed by atoms with Gasteiger partial charge < -0.3 is 19.0 Å². The van der Waals surface area contributed by atoms with E-state index in [2.05, 4.69) is 0 Å². The highest BCUT2D eigenvalue weighted by Gasteiger charge is 2.05. The molecule has 3 rings (SSSR count). The van der Waals surface area contributed by atoms with Crippen molar-refractivity contribution in [3.05, 3.63) is 53.8 Å². The van der Waals surface area contributed by atoms with Crippen molar-refractivity contribution < 1.29 is 23.8 Å². The Morgan fingerprint density at radius 2 is 1.70 bits per heavy atom. The molecule has 23 heavy (non-hydrogen) atoms. The van der Waals surface area contributed by atoms with Crippen molar-refractivity contribution in [1.29, 1.82) is 0 Å². The van der Waals surface area contributed by atoms with Crippen LogP contribution in [0.4, 0.5) is 0 Å². The van der Waals surface area contributed by atoms with Gasteiger partial charge in [-0.25, -0.2) is 0 Å². The Morgan fingerprint density at radius 3 is 2.35 bits per heavy atom. The molecule has 1 heterocycles. The van der Waals surface area contributed by atoms with E-state index in [1.165, 1.54) is 13.2 Å². The van der Waals surface area contributed by atoms with E-state index < -0.39 is 0 Å². The first kappa shape index (κ1) is 16.4. The van der Waals surface area contributed by atoms with Gasteiger partial charge in [0, 0.05) is 5.39 Å². The van der Waals surface area contributed by atoms with Crippen LogP contribution in [0.25, 0.3) is 11.0 Å². The molecule has 0 saturated carbocycles. The largest absolute Gasteiger partial charge is 0.504 e. The third kappa shape index (κ3) is 3.63. The Hall–Kier alpha value is -2.95. The number of aldehydes is 1. The van der Waals surface area contributed by atoms with Crippen molar-refractivity contribution in [3.63, 3.8) is 0 Å². The lowest BCUT2D eigenvalue weighted by atomic mass is 10.2. The van der Waals surface area contributed by atoms with Crippen molar-refractivity contribution in [2.24, 2.45) is 0 Å². The number of carbonyl (C=O) groups excluding carboxylic acids is 1. The molecule has 3 aromatic rings. The zero-order valence-corrected chi connectivity index (χ0v) is 13.2. The minimum absolute atomic E-state index is 0.106. The molecule has 0 aliphatic carbocycles. The number of phenolic OH excluding ortho intramolecular Hbond substituents is 1. The summed E-state index contributed by atoms with van der Waals surface area (Å²) in [6.45, 7) is 1.93. The summed E-state index contributed by atoms with van der Waals surface area (Å²) in [5.74, 6) is 1.91. The van der Waals surface area contributed by atoms with E-state index in [1.807, 2.05) is 31.2 Å². The Bertz CT molecular complexity index is 804. The topological polar surface area (TPSA) is 68.9 Å². The molecule has 1 aromatic heterocycles. The molecule has 0 bridgehead atoms. The van der Waals surface area contributed by atoms with Crippen LogP contribution in [0.2, 0.25) is 0 Å². The Morgan fingerprint density at radius 1 is 1.04 bits per heavy atom. The molecule has 0 saturated heterocycles. The van der Waals surface area contributed by atoms with Crippen LogP contribution in [0.5, 0.6) is 17.2 Å². The van der Waals surface area contributed by atoms with Crippen LogP contribution in [0.3, 0.4) is 0 Å². The number of fused-ring (bicyclic) bond motifs is 1. The minimum atomic E-state index is -0.106. The molecule has 0 atom stereocenters. The van der Waals surface area contributed by atoms with Crippen LogP contribution in [-0.2, 0) is 0 Å². The Labute approximate surface area is 134 Å². The van der Waals surface area contributed by atoms with Crippen LogP contribution < -0.4 is 9.47 Å². The predicted molar refractivity (Wildman–Crippen MR) is 87.5 cm³/mol. The summed E-state index contributed by atoms with van der Waals surface area (Å²) in [5.41, 5.74) is 1.07. The summed E-state index contributed by atoms with van der Waals surface area (Å²) < 4.78 is 15.4. The van der Waals surface area contributed by atoms with Gasteiger partial charge in [0.05, 0.1) is 19.8 Å². The Kier molecular flexibility index (Phi) is 5.25. The molecule has 0 amide bonds. The zero-order chi connectivity index (χ0) is 16.8. The van der Waals surface area contributed by atoms with Crippen molar-refractivity contribution in [2.75, 3.05) is 14.2 Å². The quantitative estimate of drug-likeness (QED) is 0.741. The molecule has 0 spiro atoms. The molecule has 0 radical (unpaired) electrons. The summed E-state index contributed by atoms with van der Waals surface area (Å²) in [4.78, 5) is 10.3. The molecule has 5 heteroatoms. The number of methoxy groups -OCH3 is 2. The van der Waals surface area contributed by atoms with Gasteiger partial charge in [0.2, 0.25) is 0 Å². The molecule has 1 N–H and O–H groups in total. The molecular weight excluding hydrogens is 296 g/mol. The van der Waals surface area contributed by atoms with Gasteiger partial charge in [-0.2, -0.15) is 0 Å². The number of aryl methyl sites for hydroxylation is 1. The van der Waals surface area contributed by atoms with Crippen molar-refractivity contribution in [2.45, 2.75) is 6.92 Å². The number of benzene rings is 2. The van der Waals surface area contributed by atoms with Gasteiger partial charge >= 0.3 is 0 Å². The molecule has 0 fully saturated rings. The van der Waals surface area contributed by atoms with Gasteiger partial charge in [0.25, 0.3) is 0 Å². The third-order valence-electron chi connectivity index (χ3n) is 3.23. The van der Waals surface area contributed by atoms with Gasteiger partial charge in [-0.3, -0.25) is 4.79 Å². The van der Waals surface area contributed by atoms with Gasteiger partial charge in [0.1, 0.15) is 5.76 Å². The van der Waals surface area contributed by atoms with E-state index in [9.17, 15) is 9.90 Å². The van der Waals surface area contributed by atoms with Crippen LogP contribution >= 0.6 is 0 Å². The maximum Gasteiger partial charge on any atom is 0.176 e. The first-order valence-electron chi connectivity index (χ1n) is 6.95. The molecular formula is C18H18O5. The van der Waals surface area contributed by atoms with E-state index in [-0.39, 0.29) is 11.3 Å². The first-order chi connectivity index (χ1) is 11.1. The molecule has 0 unspecified atom stereocenters. The number of rotatable bonds is 3. The van der Waals surface area contributed by atoms with Gasteiger partial charge in [-0.1, -0.05) is 18.2 Å². The molecule has 2 aromatic carbocycles. The lowest BCUT2D eigenvalue weighted by molar-refractivity contribution is 0.112. The van der Waals surface area contributed by atoms with E-state index in [4.69, 9.17) is 13.9 Å².